The van der Waals surface area contributed by atoms with Crippen LogP contribution in [0.2, 0.25) is 0 Å². The lowest BCUT2D eigenvalue weighted by Crippen LogP contribution is -2.33. The molecule has 9 aromatic rings. The van der Waals surface area contributed by atoms with Crippen LogP contribution in [-0.4, -0.2) is 29.6 Å². The Morgan fingerprint density at radius 3 is 1.84 bits per heavy atom. The normalized spacial score (nSPS) is 13.3. The Balaban J connectivity index is 0.766. The molecule has 0 bridgehead atoms. The molecule has 0 saturated carbocycles. The summed E-state index contributed by atoms with van der Waals surface area (Å²) in [6, 6.07) is 35.6. The Kier molecular flexibility index (Phi) is 11.6. The van der Waals surface area contributed by atoms with Gasteiger partial charge in [0.1, 0.15) is 39.8 Å². The summed E-state index contributed by atoms with van der Waals surface area (Å²) in [5.41, 5.74) is 4.67. The molecular weight excluding hydrogens is 916 g/mol. The maximum atomic E-state index is 13.8. The van der Waals surface area contributed by atoms with Crippen LogP contribution in [0.5, 0.6) is 0 Å². The molecule has 1 aliphatic heterocycles. The first-order valence-electron chi connectivity index (χ1n) is 21.0. The molecule has 7 nitrogen and oxygen atoms in total. The van der Waals surface area contributed by atoms with Crippen molar-refractivity contribution in [1.82, 2.24) is 15.0 Å². The van der Waals surface area contributed by atoms with Crippen LogP contribution in [0.15, 0.2) is 107 Å². The first-order valence-corrected chi connectivity index (χ1v) is 28.5. The van der Waals surface area contributed by atoms with Gasteiger partial charge in [0.05, 0.1) is 63.9 Å². The van der Waals surface area contributed by atoms with Gasteiger partial charge in [-0.25, -0.2) is 8.42 Å². The van der Waals surface area contributed by atoms with Crippen molar-refractivity contribution in [2.45, 2.75) is 82.9 Å². The zero-order chi connectivity index (χ0) is 43.5. The summed E-state index contributed by atoms with van der Waals surface area (Å²) in [6.07, 6.45) is 7.67. The molecule has 7 heterocycles. The molecule has 14 heteroatoms. The molecule has 0 spiro atoms. The molecule has 0 atom stereocenters. The number of sulfone groups is 1. The number of rotatable bonds is 15. The topological polar surface area (TPSA) is 97.9 Å². The molecule has 0 saturated heterocycles. The lowest BCUT2D eigenvalue weighted by atomic mass is 10.2. The Bertz CT molecular complexity index is 3200. The van der Waals surface area contributed by atoms with Gasteiger partial charge >= 0.3 is 0 Å². The molecule has 0 unspecified atom stereocenters. The third-order valence-electron chi connectivity index (χ3n) is 12.2. The molecular formula is C49H44N4O3PS6+. The van der Waals surface area contributed by atoms with Crippen LogP contribution in [0.3, 0.4) is 0 Å². The largest absolute Gasteiger partial charge is 0.369 e. The summed E-state index contributed by atoms with van der Waals surface area (Å²) in [5, 5.41) is 22.8. The molecule has 0 aliphatic carbocycles. The fraction of sp³-hybridized carbons (Fsp3) is 0.245. The number of aromatic nitrogens is 3. The molecule has 1 aliphatic rings. The van der Waals surface area contributed by atoms with Crippen molar-refractivity contribution < 1.29 is 13.2 Å². The zero-order valence-corrected chi connectivity index (χ0v) is 41.1. The van der Waals surface area contributed by atoms with E-state index < -0.39 is 17.1 Å². The number of nitriles is 1. The van der Waals surface area contributed by atoms with Crippen molar-refractivity contribution >= 4 is 108 Å². The summed E-state index contributed by atoms with van der Waals surface area (Å²) in [6.45, 7) is 9.76. The van der Waals surface area contributed by atoms with E-state index in [1.54, 1.807) is 40.9 Å². The molecule has 0 amide bonds. The smallest absolute Gasteiger partial charge is 0.210 e. The average molecular weight is 960 g/mol. The third kappa shape index (κ3) is 7.28. The first kappa shape index (κ1) is 42.6. The van der Waals surface area contributed by atoms with Crippen molar-refractivity contribution in [3.8, 4) is 25.6 Å². The molecule has 10 rings (SSSR count). The Labute approximate surface area is 388 Å². The minimum atomic E-state index is -3.68. The first-order chi connectivity index (χ1) is 30.6. The minimum Gasteiger partial charge on any atom is -0.369 e. The van der Waals surface area contributed by atoms with E-state index in [2.05, 4.69) is 121 Å². The second-order valence-electron chi connectivity index (χ2n) is 16.1. The molecule has 0 N–H and O–H groups in total. The Hall–Kier alpha value is -4.35. The monoisotopic (exact) mass is 959 g/mol. The van der Waals surface area contributed by atoms with Crippen molar-refractivity contribution in [2.24, 2.45) is 0 Å². The van der Waals surface area contributed by atoms with E-state index in [0.717, 1.165) is 69.2 Å². The lowest BCUT2D eigenvalue weighted by molar-refractivity contribution is 0.106. The van der Waals surface area contributed by atoms with Crippen LogP contribution in [0.4, 0.5) is 0 Å². The Morgan fingerprint density at radius 2 is 1.19 bits per heavy atom. The van der Waals surface area contributed by atoms with Crippen LogP contribution >= 0.6 is 63.9 Å². The molecule has 0 radical (unpaired) electrons. The van der Waals surface area contributed by atoms with E-state index in [-0.39, 0.29) is 0 Å². The van der Waals surface area contributed by atoms with E-state index in [1.165, 1.54) is 62.1 Å². The number of ether oxygens (including phenoxy) is 1. The summed E-state index contributed by atoms with van der Waals surface area (Å²) in [7, 11) is -5.48. The van der Waals surface area contributed by atoms with Gasteiger partial charge in [-0.3, -0.25) is 4.68 Å². The number of aryl methyl sites for hydroxylation is 3. The van der Waals surface area contributed by atoms with Crippen LogP contribution in [0.1, 0.15) is 63.4 Å². The maximum absolute atomic E-state index is 13.8. The highest BCUT2D eigenvalue weighted by atomic mass is 32.2. The zero-order valence-electron chi connectivity index (χ0n) is 35.3. The van der Waals surface area contributed by atoms with Crippen LogP contribution < -0.4 is 15.9 Å². The predicted molar refractivity (Wildman–Crippen MR) is 268 cm³/mol. The van der Waals surface area contributed by atoms with Crippen molar-refractivity contribution in [3.63, 3.8) is 0 Å². The quantitative estimate of drug-likeness (QED) is 0.0750. The summed E-state index contributed by atoms with van der Waals surface area (Å²) in [4.78, 5) is 6.07. The van der Waals surface area contributed by atoms with Crippen LogP contribution in [-0.2, 0) is 34.3 Å². The molecule has 3 aromatic carbocycles. The van der Waals surface area contributed by atoms with E-state index in [9.17, 15) is 13.7 Å². The Morgan fingerprint density at radius 1 is 0.619 bits per heavy atom. The van der Waals surface area contributed by atoms with Gasteiger partial charge in [0, 0.05) is 21.2 Å². The number of unbranched alkanes of at least 4 members (excludes halogenated alkanes) is 3. The summed E-state index contributed by atoms with van der Waals surface area (Å²) < 4.78 is 40.9. The number of hydrogen-bond donors (Lipinski definition) is 0. The van der Waals surface area contributed by atoms with Gasteiger partial charge in [0.25, 0.3) is 0 Å². The number of hydrogen-bond acceptors (Lipinski definition) is 11. The SMILES string of the molecule is Cc1c(C#N)sc2c1S(=O)(=O)c1c-2sc(-c2sc3c(sc4c(C)c(COCc5cn(CCCCCC[P+](c6ccccc6)(c6ccccc6)c6ccccc6)nn5)sc43)c2C)c1C. The van der Waals surface area contributed by atoms with E-state index in [4.69, 9.17) is 4.74 Å². The predicted octanol–water partition coefficient (Wildman–Crippen LogP) is 12.7. The second-order valence-corrected chi connectivity index (χ2v) is 26.7. The van der Waals surface area contributed by atoms with Crippen LogP contribution in [0, 0.1) is 39.0 Å². The van der Waals surface area contributed by atoms with Gasteiger partial charge < -0.3 is 4.74 Å². The number of nitrogens with zero attached hydrogens (tertiary/aromatic N) is 4. The van der Waals surface area contributed by atoms with Crippen LogP contribution in [0.25, 0.3) is 38.3 Å². The maximum Gasteiger partial charge on any atom is 0.210 e. The lowest BCUT2D eigenvalue weighted by Gasteiger charge is -2.27. The van der Waals surface area contributed by atoms with Gasteiger partial charge in [0.2, 0.25) is 9.84 Å². The number of benzene rings is 3. The summed E-state index contributed by atoms with van der Waals surface area (Å²) >= 11 is 8.22. The van der Waals surface area contributed by atoms with Gasteiger partial charge in [-0.05, 0) is 106 Å². The van der Waals surface area contributed by atoms with Gasteiger partial charge in [0.15, 0.2) is 0 Å². The molecule has 63 heavy (non-hydrogen) atoms. The van der Waals surface area contributed by atoms with E-state index >= 15 is 0 Å². The third-order valence-corrected chi connectivity index (χ3v) is 26.3. The van der Waals surface area contributed by atoms with E-state index in [1.807, 2.05) is 29.1 Å². The summed E-state index contributed by atoms with van der Waals surface area (Å²) in [5.74, 6) is 0. The number of fused-ring (bicyclic) bond motifs is 6. The highest BCUT2D eigenvalue weighted by Gasteiger charge is 2.45. The number of thiophene rings is 5. The standard InChI is InChI=1S/C49H44N4O3PS6/c1-30-39(59-44-40(30)60-42-32(3)41(61-45(42)44)43-33(4)49-47(62-43)46-48(63(49,54)55)31(2)38(26-50)58-46)29-56-28-34-27-53(52-51-34)24-16-5-6-17-25-57(35-18-10-7-11-19-35,36-20-12-8-13-21-36)37-22-14-9-15-23-37/h7-15,18-23,27H,5-6,16-17,24-25,28-29H2,1-4H3/q+1. The van der Waals surface area contributed by atoms with Gasteiger partial charge in [-0.2, -0.15) is 5.26 Å². The highest BCUT2D eigenvalue weighted by molar-refractivity contribution is 7.95. The van der Waals surface area contributed by atoms with E-state index in [0.29, 0.717) is 33.4 Å². The van der Waals surface area contributed by atoms with Crippen molar-refractivity contribution in [1.29, 1.82) is 5.26 Å². The molecule has 6 aromatic heterocycles. The van der Waals surface area contributed by atoms with Crippen molar-refractivity contribution in [2.75, 3.05) is 6.16 Å². The highest BCUT2D eigenvalue weighted by Crippen LogP contribution is 2.60. The average Bonchev–Trinajstić information content (AvgIpc) is 4.17. The fourth-order valence-electron chi connectivity index (χ4n) is 9.03. The van der Waals surface area contributed by atoms with Crippen molar-refractivity contribution in [3.05, 3.63) is 135 Å². The molecule has 318 valence electrons. The fourth-order valence-corrected chi connectivity index (χ4v) is 23.5. The second kappa shape index (κ2) is 17.2. The van der Waals surface area contributed by atoms with Gasteiger partial charge in [-0.1, -0.05) is 66.2 Å². The minimum absolute atomic E-state index is 0.325. The molecule has 0 fully saturated rings. The van der Waals surface area contributed by atoms with Gasteiger partial charge in [-0.15, -0.1) is 61.8 Å².